The Hall–Kier alpha value is -3.61. The number of aliphatic hydroxyl groups excluding tert-OH is 1. The minimum atomic E-state index is -0.441. The lowest BCUT2D eigenvalue weighted by Gasteiger charge is -2.42. The van der Waals surface area contributed by atoms with Crippen molar-refractivity contribution in [3.8, 4) is 22.4 Å². The molecular weight excluding hydrogens is 386 g/mol. The molecule has 3 N–H and O–H groups in total. The van der Waals surface area contributed by atoms with E-state index in [-0.39, 0.29) is 6.10 Å². The number of benzene rings is 2. The van der Waals surface area contributed by atoms with Crippen LogP contribution < -0.4 is 5.73 Å². The third-order valence-electron chi connectivity index (χ3n) is 6.21. The normalized spacial score (nSPS) is 20.8. The average molecular weight is 407 g/mol. The van der Waals surface area contributed by atoms with Gasteiger partial charge >= 0.3 is 0 Å². The Morgan fingerprint density at radius 3 is 2.48 bits per heavy atom. The molecule has 1 aliphatic rings. The van der Waals surface area contributed by atoms with E-state index in [4.69, 9.17) is 10.7 Å². The summed E-state index contributed by atoms with van der Waals surface area (Å²) in [5, 5.41) is 15.0. The molecule has 3 aromatic heterocycles. The molecule has 6 rings (SSSR count). The summed E-state index contributed by atoms with van der Waals surface area (Å²) in [6.07, 6.45) is 4.47. The fraction of sp³-hybridized carbons (Fsp3) is 0.160. The fourth-order valence-corrected chi connectivity index (χ4v) is 4.51. The minimum Gasteiger partial charge on any atom is -0.393 e. The first kappa shape index (κ1) is 18.2. The van der Waals surface area contributed by atoms with Crippen molar-refractivity contribution in [2.24, 2.45) is 5.73 Å². The molecule has 1 aliphatic carbocycles. The molecule has 0 aliphatic heterocycles. The van der Waals surface area contributed by atoms with Crippen LogP contribution in [-0.4, -0.2) is 30.8 Å². The number of aromatic nitrogens is 4. The molecule has 152 valence electrons. The van der Waals surface area contributed by atoms with Gasteiger partial charge in [-0.2, -0.15) is 9.61 Å². The Balaban J connectivity index is 1.55. The van der Waals surface area contributed by atoms with Crippen molar-refractivity contribution in [2.75, 3.05) is 0 Å². The summed E-state index contributed by atoms with van der Waals surface area (Å²) in [5.41, 5.74) is 12.6. The van der Waals surface area contributed by atoms with Crippen LogP contribution >= 0.6 is 0 Å². The van der Waals surface area contributed by atoms with Gasteiger partial charge in [0, 0.05) is 34.3 Å². The number of fused-ring (bicyclic) bond motifs is 3. The zero-order chi connectivity index (χ0) is 21.0. The van der Waals surface area contributed by atoms with Crippen molar-refractivity contribution in [3.05, 3.63) is 84.7 Å². The van der Waals surface area contributed by atoms with E-state index in [0.717, 1.165) is 44.6 Å². The number of nitrogens with two attached hydrogens (primary N) is 1. The predicted octanol–water partition coefficient (Wildman–Crippen LogP) is 3.92. The van der Waals surface area contributed by atoms with E-state index < -0.39 is 5.54 Å². The first-order valence-corrected chi connectivity index (χ1v) is 10.4. The molecule has 6 heteroatoms. The quantitative estimate of drug-likeness (QED) is 0.473. The number of hydrogen-bond acceptors (Lipinski definition) is 5. The summed E-state index contributed by atoms with van der Waals surface area (Å²) in [6.45, 7) is 0. The van der Waals surface area contributed by atoms with Gasteiger partial charge in [0.1, 0.15) is 0 Å². The highest BCUT2D eigenvalue weighted by molar-refractivity contribution is 5.90. The van der Waals surface area contributed by atoms with E-state index in [1.54, 1.807) is 10.7 Å². The van der Waals surface area contributed by atoms with Gasteiger partial charge in [-0.15, -0.1) is 0 Å². The van der Waals surface area contributed by atoms with E-state index in [9.17, 15) is 5.11 Å². The van der Waals surface area contributed by atoms with Gasteiger partial charge in [-0.25, -0.2) is 9.97 Å². The summed E-state index contributed by atoms with van der Waals surface area (Å²) in [6, 6.07) is 22.5. The van der Waals surface area contributed by atoms with Crippen LogP contribution in [0.2, 0.25) is 0 Å². The molecule has 3 heterocycles. The third-order valence-corrected chi connectivity index (χ3v) is 6.21. The van der Waals surface area contributed by atoms with Gasteiger partial charge in [-0.05, 0) is 30.0 Å². The van der Waals surface area contributed by atoms with Crippen LogP contribution in [0.25, 0.3) is 39.1 Å². The van der Waals surface area contributed by atoms with Crippen molar-refractivity contribution < 1.29 is 5.11 Å². The second-order valence-corrected chi connectivity index (χ2v) is 8.32. The number of aliphatic hydroxyl groups is 1. The second kappa shape index (κ2) is 6.70. The van der Waals surface area contributed by atoms with Crippen LogP contribution in [0.4, 0.5) is 0 Å². The summed E-state index contributed by atoms with van der Waals surface area (Å²) in [4.78, 5) is 9.54. The summed E-state index contributed by atoms with van der Waals surface area (Å²) in [5.74, 6) is 0. The Kier molecular flexibility index (Phi) is 3.93. The molecular formula is C25H21N5O. The molecule has 0 amide bonds. The van der Waals surface area contributed by atoms with E-state index in [1.807, 2.05) is 30.5 Å². The lowest BCUT2D eigenvalue weighted by molar-refractivity contribution is 0.0209. The first-order chi connectivity index (χ1) is 15.1. The van der Waals surface area contributed by atoms with Crippen molar-refractivity contribution >= 4 is 16.7 Å². The second-order valence-electron chi connectivity index (χ2n) is 8.32. The maximum Gasteiger partial charge on any atom is 0.165 e. The number of hydrogen-bond donors (Lipinski definition) is 2. The molecule has 0 atom stereocenters. The maximum atomic E-state index is 9.71. The van der Waals surface area contributed by atoms with Crippen LogP contribution in [0.15, 0.2) is 79.1 Å². The minimum absolute atomic E-state index is 0.304. The van der Waals surface area contributed by atoms with Crippen molar-refractivity contribution in [1.29, 1.82) is 0 Å². The first-order valence-electron chi connectivity index (χ1n) is 10.4. The van der Waals surface area contributed by atoms with Gasteiger partial charge in [0.15, 0.2) is 11.3 Å². The zero-order valence-corrected chi connectivity index (χ0v) is 16.8. The number of pyridine rings is 1. The Labute approximate surface area is 179 Å². The van der Waals surface area contributed by atoms with E-state index in [2.05, 4.69) is 52.5 Å². The van der Waals surface area contributed by atoms with E-state index in [0.29, 0.717) is 12.8 Å². The van der Waals surface area contributed by atoms with Gasteiger partial charge in [-0.1, -0.05) is 54.6 Å². The van der Waals surface area contributed by atoms with E-state index >= 15 is 0 Å². The molecule has 31 heavy (non-hydrogen) atoms. The SMILES string of the molecule is NC1(c2ccc(-c3nc4c(cnc5ccnn54)cc3-c3ccccc3)cc2)CC(O)C1. The van der Waals surface area contributed by atoms with Crippen LogP contribution in [0.3, 0.4) is 0 Å². The third kappa shape index (κ3) is 2.91. The van der Waals surface area contributed by atoms with E-state index in [1.165, 1.54) is 0 Å². The predicted molar refractivity (Wildman–Crippen MR) is 120 cm³/mol. The zero-order valence-electron chi connectivity index (χ0n) is 16.8. The lowest BCUT2D eigenvalue weighted by Crippen LogP contribution is -2.51. The van der Waals surface area contributed by atoms with Crippen molar-refractivity contribution in [3.63, 3.8) is 0 Å². The van der Waals surface area contributed by atoms with Gasteiger partial charge in [0.2, 0.25) is 0 Å². The topological polar surface area (TPSA) is 89.3 Å². The number of nitrogens with zero attached hydrogens (tertiary/aromatic N) is 4. The highest BCUT2D eigenvalue weighted by Gasteiger charge is 2.41. The van der Waals surface area contributed by atoms with Crippen LogP contribution in [0.1, 0.15) is 18.4 Å². The molecule has 0 unspecified atom stereocenters. The Morgan fingerprint density at radius 2 is 1.74 bits per heavy atom. The largest absolute Gasteiger partial charge is 0.393 e. The lowest BCUT2D eigenvalue weighted by atomic mass is 9.70. The molecule has 0 radical (unpaired) electrons. The molecule has 0 bridgehead atoms. The van der Waals surface area contributed by atoms with Gasteiger partial charge in [-0.3, -0.25) is 0 Å². The Morgan fingerprint density at radius 1 is 0.968 bits per heavy atom. The molecule has 2 aromatic carbocycles. The van der Waals surface area contributed by atoms with Gasteiger partial charge in [0.05, 0.1) is 18.0 Å². The summed E-state index contributed by atoms with van der Waals surface area (Å²) in [7, 11) is 0. The standard InChI is InChI=1S/C25H21N5O/c26-25(13-20(31)14-25)19-8-6-17(7-9-19)23-21(16-4-2-1-3-5-16)12-18-15-27-22-10-11-28-30(22)24(18)29-23/h1-12,15,20,31H,13-14,26H2. The summed E-state index contributed by atoms with van der Waals surface area (Å²) >= 11 is 0. The molecule has 1 fully saturated rings. The highest BCUT2D eigenvalue weighted by Crippen LogP contribution is 2.40. The monoisotopic (exact) mass is 407 g/mol. The van der Waals surface area contributed by atoms with Crippen LogP contribution in [0, 0.1) is 0 Å². The average Bonchev–Trinajstić information content (AvgIpc) is 3.27. The summed E-state index contributed by atoms with van der Waals surface area (Å²) < 4.78 is 1.77. The molecule has 0 saturated heterocycles. The maximum absolute atomic E-state index is 9.71. The number of rotatable bonds is 3. The molecule has 1 saturated carbocycles. The van der Waals surface area contributed by atoms with Gasteiger partial charge < -0.3 is 10.8 Å². The molecule has 6 nitrogen and oxygen atoms in total. The van der Waals surface area contributed by atoms with Crippen LogP contribution in [-0.2, 0) is 5.54 Å². The highest BCUT2D eigenvalue weighted by atomic mass is 16.3. The molecule has 0 spiro atoms. The van der Waals surface area contributed by atoms with Crippen molar-refractivity contribution in [1.82, 2.24) is 19.6 Å². The smallest absolute Gasteiger partial charge is 0.165 e. The molecule has 5 aromatic rings. The Bertz CT molecular complexity index is 1400. The fourth-order valence-electron chi connectivity index (χ4n) is 4.51. The van der Waals surface area contributed by atoms with Crippen molar-refractivity contribution in [2.45, 2.75) is 24.5 Å². The van der Waals surface area contributed by atoms with Crippen LogP contribution in [0.5, 0.6) is 0 Å². The van der Waals surface area contributed by atoms with Gasteiger partial charge in [0.25, 0.3) is 0 Å².